The molecule has 1 aliphatic rings. The van der Waals surface area contributed by atoms with Crippen LogP contribution in [0.2, 0.25) is 0 Å². The molecule has 43 heavy (non-hydrogen) atoms. The molecule has 1 aliphatic heterocycles. The number of ether oxygens (including phenoxy) is 1. The van der Waals surface area contributed by atoms with Crippen LogP contribution in [-0.2, 0) is 14.8 Å². The van der Waals surface area contributed by atoms with Crippen molar-refractivity contribution in [2.45, 2.75) is 31.0 Å². The molecule has 1 fully saturated rings. The summed E-state index contributed by atoms with van der Waals surface area (Å²) in [6, 6.07) is 25.1. The van der Waals surface area contributed by atoms with Crippen LogP contribution in [0.25, 0.3) is 39.5 Å². The molecule has 2 aromatic heterocycles. The number of nitrogens with zero attached hydrogens (tertiary/aromatic N) is 5. The summed E-state index contributed by atoms with van der Waals surface area (Å²) in [6.07, 6.45) is 2.91. The van der Waals surface area contributed by atoms with E-state index in [4.69, 9.17) is 9.84 Å². The molecule has 0 bridgehead atoms. The number of fused-ring (bicyclic) bond motifs is 1. The summed E-state index contributed by atoms with van der Waals surface area (Å²) in [7, 11) is -3.81. The van der Waals surface area contributed by atoms with Crippen molar-refractivity contribution < 1.29 is 13.2 Å². The van der Waals surface area contributed by atoms with E-state index in [0.717, 1.165) is 5.69 Å². The molecular formula is C32H28N6O4S. The Bertz CT molecular complexity index is 2050. The zero-order valence-corrected chi connectivity index (χ0v) is 24.3. The fourth-order valence-corrected chi connectivity index (χ4v) is 6.87. The van der Waals surface area contributed by atoms with E-state index in [0.29, 0.717) is 27.7 Å². The molecule has 0 aliphatic carbocycles. The van der Waals surface area contributed by atoms with Gasteiger partial charge in [-0.1, -0.05) is 42.5 Å². The lowest BCUT2D eigenvalue weighted by molar-refractivity contribution is -0.0440. The molecule has 0 radical (unpaired) electrons. The molecule has 10 nitrogen and oxygen atoms in total. The van der Waals surface area contributed by atoms with Crippen LogP contribution in [0.3, 0.4) is 0 Å². The van der Waals surface area contributed by atoms with Gasteiger partial charge in [0.1, 0.15) is 11.8 Å². The Kier molecular flexibility index (Phi) is 7.50. The van der Waals surface area contributed by atoms with Crippen LogP contribution in [-0.4, -0.2) is 57.8 Å². The fraction of sp³-hybridized carbons (Fsp3) is 0.188. The Labute approximate surface area is 248 Å². The first-order valence-corrected chi connectivity index (χ1v) is 15.2. The number of nitrogens with one attached hydrogen (secondary N) is 1. The summed E-state index contributed by atoms with van der Waals surface area (Å²) in [6.45, 7) is 4.23. The summed E-state index contributed by atoms with van der Waals surface area (Å²) < 4.78 is 36.2. The van der Waals surface area contributed by atoms with E-state index in [1.807, 2.05) is 44.2 Å². The van der Waals surface area contributed by atoms with Crippen molar-refractivity contribution in [3.63, 3.8) is 0 Å². The van der Waals surface area contributed by atoms with E-state index in [-0.39, 0.29) is 47.1 Å². The summed E-state index contributed by atoms with van der Waals surface area (Å²) in [5.74, 6) is 0.122. The number of benzene rings is 3. The number of hydrogen-bond acceptors (Lipinski definition) is 7. The molecule has 2 atom stereocenters. The highest BCUT2D eigenvalue weighted by Gasteiger charge is 2.32. The minimum absolute atomic E-state index is 0.122. The zero-order valence-electron chi connectivity index (χ0n) is 23.5. The van der Waals surface area contributed by atoms with Crippen LogP contribution < -0.4 is 5.56 Å². The second kappa shape index (κ2) is 11.4. The molecule has 11 heteroatoms. The van der Waals surface area contributed by atoms with Gasteiger partial charge in [-0.05, 0) is 56.3 Å². The zero-order chi connectivity index (χ0) is 30.1. The first-order valence-electron chi connectivity index (χ1n) is 13.8. The molecule has 5 aromatic rings. The summed E-state index contributed by atoms with van der Waals surface area (Å²) in [4.78, 5) is 20.1. The minimum Gasteiger partial charge on any atom is -0.373 e. The standard InChI is InChI=1S/C32H28N6O4S/c1-21-18-37(19-22(2)42-21)43(40,41)27-12-8-9-23(16-27)30-25(20-38(36-30)26-10-4-3-5-11-26)15-24(17-33)31-34-29-14-7-6-13-28(29)32(39)35-31/h3-16,20-22H,18-19H2,1-2H3,(H,34,35,39). The van der Waals surface area contributed by atoms with Gasteiger partial charge in [0.15, 0.2) is 5.82 Å². The largest absolute Gasteiger partial charge is 0.373 e. The number of allylic oxidation sites excluding steroid dienone is 1. The Morgan fingerprint density at radius 1 is 1.02 bits per heavy atom. The highest BCUT2D eigenvalue weighted by atomic mass is 32.2. The Balaban J connectivity index is 1.47. The van der Waals surface area contributed by atoms with E-state index < -0.39 is 10.0 Å². The predicted octanol–water partition coefficient (Wildman–Crippen LogP) is 4.64. The lowest BCUT2D eigenvalue weighted by Gasteiger charge is -2.34. The van der Waals surface area contributed by atoms with Crippen molar-refractivity contribution in [1.29, 1.82) is 5.26 Å². The number of aromatic nitrogens is 4. The summed E-state index contributed by atoms with van der Waals surface area (Å²) in [5, 5.41) is 15.3. The third-order valence-corrected chi connectivity index (χ3v) is 9.01. The molecule has 0 spiro atoms. The van der Waals surface area contributed by atoms with E-state index in [9.17, 15) is 18.5 Å². The van der Waals surface area contributed by atoms with E-state index >= 15 is 0 Å². The van der Waals surface area contributed by atoms with Crippen LogP contribution in [0.1, 0.15) is 25.2 Å². The number of H-pyrrole nitrogens is 1. The number of aromatic amines is 1. The minimum atomic E-state index is -3.81. The highest BCUT2D eigenvalue weighted by molar-refractivity contribution is 7.89. The van der Waals surface area contributed by atoms with E-state index in [2.05, 4.69) is 16.0 Å². The van der Waals surface area contributed by atoms with Crippen LogP contribution in [0.4, 0.5) is 0 Å². The maximum absolute atomic E-state index is 13.7. The Morgan fingerprint density at radius 3 is 2.49 bits per heavy atom. The maximum atomic E-state index is 13.7. The first-order chi connectivity index (χ1) is 20.7. The number of sulfonamides is 1. The molecule has 216 valence electrons. The first kappa shape index (κ1) is 28.2. The van der Waals surface area contributed by atoms with Gasteiger partial charge in [0.2, 0.25) is 10.0 Å². The molecule has 3 aromatic carbocycles. The second-order valence-corrected chi connectivity index (χ2v) is 12.4. The topological polar surface area (TPSA) is 134 Å². The van der Waals surface area contributed by atoms with E-state index in [1.165, 1.54) is 4.31 Å². The summed E-state index contributed by atoms with van der Waals surface area (Å²) >= 11 is 0. The molecule has 2 unspecified atom stereocenters. The molecule has 1 saturated heterocycles. The highest BCUT2D eigenvalue weighted by Crippen LogP contribution is 2.30. The van der Waals surface area contributed by atoms with Gasteiger partial charge in [0.25, 0.3) is 5.56 Å². The van der Waals surface area contributed by atoms with Crippen LogP contribution in [0.5, 0.6) is 0 Å². The third-order valence-electron chi connectivity index (χ3n) is 7.18. The van der Waals surface area contributed by atoms with Crippen LogP contribution in [0.15, 0.2) is 94.7 Å². The molecule has 0 saturated carbocycles. The van der Waals surface area contributed by atoms with Gasteiger partial charge in [-0.2, -0.15) is 14.7 Å². The molecule has 1 N–H and O–H groups in total. The number of morpholine rings is 1. The maximum Gasteiger partial charge on any atom is 0.259 e. The average molecular weight is 593 g/mol. The normalized spacial score (nSPS) is 18.0. The van der Waals surface area contributed by atoms with Gasteiger partial charge >= 0.3 is 0 Å². The van der Waals surface area contributed by atoms with Crippen molar-refractivity contribution in [1.82, 2.24) is 24.1 Å². The third kappa shape index (κ3) is 5.63. The number of rotatable bonds is 6. The van der Waals surface area contributed by atoms with Gasteiger partial charge < -0.3 is 9.72 Å². The number of para-hydroxylation sites is 2. The fourth-order valence-electron chi connectivity index (χ4n) is 5.23. The van der Waals surface area contributed by atoms with Gasteiger partial charge in [-0.15, -0.1) is 0 Å². The lowest BCUT2D eigenvalue weighted by Crippen LogP contribution is -2.48. The smallest absolute Gasteiger partial charge is 0.259 e. The van der Waals surface area contributed by atoms with Crippen molar-refractivity contribution in [3.8, 4) is 23.0 Å². The molecular weight excluding hydrogens is 564 g/mol. The van der Waals surface area contributed by atoms with Gasteiger partial charge in [0, 0.05) is 30.4 Å². The summed E-state index contributed by atoms with van der Waals surface area (Å²) in [5.41, 5.74) is 2.56. The van der Waals surface area contributed by atoms with Crippen molar-refractivity contribution in [3.05, 3.63) is 107 Å². The Hall–Kier alpha value is -4.89. The van der Waals surface area contributed by atoms with E-state index in [1.54, 1.807) is 65.5 Å². The predicted molar refractivity (Wildman–Crippen MR) is 164 cm³/mol. The van der Waals surface area contributed by atoms with Gasteiger partial charge in [-0.3, -0.25) is 4.79 Å². The van der Waals surface area contributed by atoms with Gasteiger partial charge in [-0.25, -0.2) is 18.1 Å². The van der Waals surface area contributed by atoms with Crippen molar-refractivity contribution in [2.24, 2.45) is 0 Å². The van der Waals surface area contributed by atoms with Gasteiger partial charge in [0.05, 0.1) is 39.3 Å². The Morgan fingerprint density at radius 2 is 1.74 bits per heavy atom. The number of nitriles is 1. The lowest BCUT2D eigenvalue weighted by atomic mass is 10.1. The van der Waals surface area contributed by atoms with Crippen LogP contribution in [0, 0.1) is 11.3 Å². The van der Waals surface area contributed by atoms with Crippen molar-refractivity contribution in [2.75, 3.05) is 13.1 Å². The van der Waals surface area contributed by atoms with Crippen molar-refractivity contribution >= 4 is 32.6 Å². The van der Waals surface area contributed by atoms with Crippen LogP contribution >= 0.6 is 0 Å². The molecule has 3 heterocycles. The number of hydrogen-bond donors (Lipinski definition) is 1. The SMILES string of the molecule is CC1CN(S(=O)(=O)c2cccc(-c3nn(-c4ccccc4)cc3C=C(C#N)c3nc4ccccc4c(=O)[nH]3)c2)CC(C)O1. The average Bonchev–Trinajstić information content (AvgIpc) is 3.44. The second-order valence-electron chi connectivity index (χ2n) is 10.4. The quantitative estimate of drug-likeness (QED) is 0.284. The molecule has 0 amide bonds. The molecule has 6 rings (SSSR count). The monoisotopic (exact) mass is 592 g/mol.